The molecule has 360 valence electrons. The first-order valence-electron chi connectivity index (χ1n) is 25.0. The van der Waals surface area contributed by atoms with E-state index in [0.717, 1.165) is 70.6 Å². The number of nitrogens with one attached hydrogen (secondary N) is 2. The molecule has 0 saturated carbocycles. The Kier molecular flexibility index (Phi) is 21.1. The van der Waals surface area contributed by atoms with E-state index in [9.17, 15) is 18.3 Å². The summed E-state index contributed by atoms with van der Waals surface area (Å²) < 4.78 is 43.2. The van der Waals surface area contributed by atoms with Crippen molar-refractivity contribution in [3.8, 4) is 11.1 Å². The number of hydrogen-bond donors (Lipinski definition) is 3. The van der Waals surface area contributed by atoms with E-state index < -0.39 is 28.3 Å². The average molecular weight is 930 g/mol. The molecule has 1 heterocycles. The number of amides is 1. The van der Waals surface area contributed by atoms with Crippen LogP contribution in [-0.2, 0) is 43.9 Å². The Hall–Kier alpha value is -4.68. The van der Waals surface area contributed by atoms with Gasteiger partial charge in [-0.2, -0.15) is 4.72 Å². The summed E-state index contributed by atoms with van der Waals surface area (Å²) in [5.41, 5.74) is 7.60. The minimum Gasteiger partial charge on any atom is -0.392 e. The Morgan fingerprint density at radius 3 is 1.93 bits per heavy atom. The van der Waals surface area contributed by atoms with Crippen molar-refractivity contribution in [1.29, 1.82) is 0 Å². The van der Waals surface area contributed by atoms with Gasteiger partial charge < -0.3 is 24.8 Å². The second kappa shape index (κ2) is 27.3. The van der Waals surface area contributed by atoms with Crippen molar-refractivity contribution in [1.82, 2.24) is 14.9 Å². The molecule has 1 fully saturated rings. The fourth-order valence-electron chi connectivity index (χ4n) is 8.86. The van der Waals surface area contributed by atoms with Crippen molar-refractivity contribution in [2.75, 3.05) is 19.6 Å². The van der Waals surface area contributed by atoms with Crippen LogP contribution in [0.2, 0.25) is 0 Å². The maximum atomic E-state index is 13.8. The van der Waals surface area contributed by atoms with Gasteiger partial charge in [0, 0.05) is 25.1 Å². The van der Waals surface area contributed by atoms with Gasteiger partial charge in [-0.05, 0) is 90.9 Å². The third kappa shape index (κ3) is 16.8. The fourth-order valence-corrected chi connectivity index (χ4v) is 10.1. The molecule has 1 aliphatic rings. The smallest absolute Gasteiger partial charge is 0.241 e. The Bertz CT molecular complexity index is 2290. The van der Waals surface area contributed by atoms with Gasteiger partial charge in [0.05, 0.1) is 23.7 Å². The minimum atomic E-state index is -3.96. The first-order valence-corrected chi connectivity index (χ1v) is 26.4. The maximum Gasteiger partial charge on any atom is 0.241 e. The summed E-state index contributed by atoms with van der Waals surface area (Å²) in [6.07, 6.45) is 15.6. The number of unbranched alkanes of at least 4 members (excludes halogenated alkanes) is 10. The standard InChI is InChI=1S/C57H75N3O6S/c1-4-6-8-10-12-17-36-60(37-18-13-11-9-7-5-2)42-52-40-55(49-28-26-46(43-61)27-29-49)66-57(65-52)50-32-30-48(31-33-50)51-23-19-22-47(38-51)41-58-56(62)54(39-45-20-15-14-16-21-45)59-67(63,64)53-34-24-44(3)25-35-53/h14-16,19-35,38,52,54-55,57,59,61H,4-13,17-18,36-37,39-43H2,1-3H3,(H,58,62)/t52-,54-,55+,57+/m1/s1. The van der Waals surface area contributed by atoms with Crippen molar-refractivity contribution in [2.24, 2.45) is 0 Å². The molecule has 6 rings (SSSR count). The van der Waals surface area contributed by atoms with E-state index in [1.165, 1.54) is 77.0 Å². The van der Waals surface area contributed by atoms with Crippen LogP contribution < -0.4 is 10.0 Å². The quantitative estimate of drug-likeness (QED) is 0.0428. The first kappa shape index (κ1) is 51.7. The predicted octanol–water partition coefficient (Wildman–Crippen LogP) is 11.9. The second-order valence-corrected chi connectivity index (χ2v) is 20.1. The molecule has 5 aromatic carbocycles. The van der Waals surface area contributed by atoms with Gasteiger partial charge in [-0.3, -0.25) is 4.79 Å². The van der Waals surface area contributed by atoms with Crippen molar-refractivity contribution in [2.45, 2.75) is 153 Å². The Morgan fingerprint density at radius 1 is 0.672 bits per heavy atom. The highest BCUT2D eigenvalue weighted by molar-refractivity contribution is 7.89. The van der Waals surface area contributed by atoms with Gasteiger partial charge in [-0.1, -0.05) is 193 Å². The molecule has 1 amide bonds. The van der Waals surface area contributed by atoms with E-state index in [-0.39, 0.29) is 36.7 Å². The molecule has 67 heavy (non-hydrogen) atoms. The summed E-state index contributed by atoms with van der Waals surface area (Å²) in [6, 6.07) is 39.5. The van der Waals surface area contributed by atoms with Crippen molar-refractivity contribution in [3.05, 3.63) is 161 Å². The Balaban J connectivity index is 1.13. The molecule has 4 atom stereocenters. The summed E-state index contributed by atoms with van der Waals surface area (Å²) >= 11 is 0. The molecular formula is C57H75N3O6S. The van der Waals surface area contributed by atoms with Gasteiger partial charge in [0.2, 0.25) is 15.9 Å². The van der Waals surface area contributed by atoms with E-state index in [1.54, 1.807) is 24.3 Å². The zero-order valence-corrected chi connectivity index (χ0v) is 41.0. The third-order valence-corrected chi connectivity index (χ3v) is 14.4. The summed E-state index contributed by atoms with van der Waals surface area (Å²) in [7, 11) is -3.96. The van der Waals surface area contributed by atoms with Crippen LogP contribution in [-0.4, -0.2) is 56.1 Å². The molecule has 10 heteroatoms. The van der Waals surface area contributed by atoms with Gasteiger partial charge in [0.1, 0.15) is 6.04 Å². The lowest BCUT2D eigenvalue weighted by Gasteiger charge is -2.38. The van der Waals surface area contributed by atoms with Gasteiger partial charge >= 0.3 is 0 Å². The van der Waals surface area contributed by atoms with Crippen molar-refractivity contribution < 1.29 is 27.8 Å². The van der Waals surface area contributed by atoms with Crippen LogP contribution in [0.4, 0.5) is 0 Å². The van der Waals surface area contributed by atoms with Gasteiger partial charge in [0.15, 0.2) is 6.29 Å². The highest BCUT2D eigenvalue weighted by Crippen LogP contribution is 2.39. The Labute approximate surface area is 401 Å². The summed E-state index contributed by atoms with van der Waals surface area (Å²) in [4.78, 5) is 16.5. The van der Waals surface area contributed by atoms with Crippen LogP contribution in [0.3, 0.4) is 0 Å². The van der Waals surface area contributed by atoms with Crippen LogP contribution in [0.25, 0.3) is 11.1 Å². The zero-order valence-electron chi connectivity index (χ0n) is 40.2. The number of ether oxygens (including phenoxy) is 2. The van der Waals surface area contributed by atoms with E-state index in [0.29, 0.717) is 0 Å². The normalized spacial score (nSPS) is 16.8. The van der Waals surface area contributed by atoms with Crippen LogP contribution in [0.5, 0.6) is 0 Å². The fraction of sp³-hybridized carbons (Fsp3) is 0.456. The molecule has 9 nitrogen and oxygen atoms in total. The van der Waals surface area contributed by atoms with Crippen LogP contribution in [0, 0.1) is 6.92 Å². The number of nitrogens with zero attached hydrogens (tertiary/aromatic N) is 1. The number of rotatable bonds is 28. The molecule has 3 N–H and O–H groups in total. The topological polar surface area (TPSA) is 117 Å². The number of carbonyl (C=O) groups excluding carboxylic acids is 1. The van der Waals surface area contributed by atoms with Gasteiger partial charge in [0.25, 0.3) is 0 Å². The number of aryl methyl sites for hydroxylation is 1. The number of sulfonamides is 1. The highest BCUT2D eigenvalue weighted by atomic mass is 32.2. The third-order valence-electron chi connectivity index (χ3n) is 12.9. The molecule has 0 bridgehead atoms. The molecular weight excluding hydrogens is 855 g/mol. The lowest BCUT2D eigenvalue weighted by Crippen LogP contribution is -2.47. The summed E-state index contributed by atoms with van der Waals surface area (Å²) in [5, 5.41) is 12.7. The van der Waals surface area contributed by atoms with Gasteiger partial charge in [-0.15, -0.1) is 0 Å². The minimum absolute atomic E-state index is 0.00398. The molecule has 1 aliphatic heterocycles. The number of carbonyl (C=O) groups is 1. The number of aliphatic hydroxyl groups excluding tert-OH is 1. The van der Waals surface area contributed by atoms with Crippen LogP contribution >= 0.6 is 0 Å². The van der Waals surface area contributed by atoms with E-state index >= 15 is 0 Å². The van der Waals surface area contributed by atoms with E-state index in [4.69, 9.17) is 9.47 Å². The molecule has 0 aromatic heterocycles. The largest absolute Gasteiger partial charge is 0.392 e. The lowest BCUT2D eigenvalue weighted by atomic mass is 9.98. The lowest BCUT2D eigenvalue weighted by molar-refractivity contribution is -0.253. The van der Waals surface area contributed by atoms with E-state index in [2.05, 4.69) is 71.3 Å². The molecule has 0 unspecified atom stereocenters. The SMILES string of the molecule is CCCCCCCCN(CCCCCCCC)C[C@H]1C[C@@H](c2ccc(CO)cc2)O[C@@H](c2ccc(-c3cccc(CNC(=O)[C@@H](Cc4ccccc4)NS(=O)(=O)c4ccc(C)cc4)c3)cc2)O1. The molecule has 0 radical (unpaired) electrons. The Morgan fingerprint density at radius 2 is 1.28 bits per heavy atom. The number of benzene rings is 5. The predicted molar refractivity (Wildman–Crippen MR) is 271 cm³/mol. The molecule has 0 spiro atoms. The molecule has 1 saturated heterocycles. The highest BCUT2D eigenvalue weighted by Gasteiger charge is 2.33. The van der Waals surface area contributed by atoms with E-state index in [1.807, 2.05) is 67.6 Å². The van der Waals surface area contributed by atoms with Crippen molar-refractivity contribution in [3.63, 3.8) is 0 Å². The average Bonchev–Trinajstić information content (AvgIpc) is 3.35. The monoisotopic (exact) mass is 930 g/mol. The zero-order chi connectivity index (χ0) is 47.3. The van der Waals surface area contributed by atoms with Crippen LogP contribution in [0.1, 0.15) is 143 Å². The number of aliphatic hydroxyl groups is 1. The second-order valence-electron chi connectivity index (χ2n) is 18.4. The van der Waals surface area contributed by atoms with Gasteiger partial charge in [-0.25, -0.2) is 8.42 Å². The number of hydrogen-bond acceptors (Lipinski definition) is 7. The van der Waals surface area contributed by atoms with Crippen LogP contribution in [0.15, 0.2) is 132 Å². The summed E-state index contributed by atoms with van der Waals surface area (Å²) in [6.45, 7) is 9.70. The summed E-state index contributed by atoms with van der Waals surface area (Å²) in [5.74, 6) is -0.407. The first-order chi connectivity index (χ1) is 32.6. The van der Waals surface area contributed by atoms with Crippen molar-refractivity contribution >= 4 is 15.9 Å². The molecule has 0 aliphatic carbocycles. The maximum absolute atomic E-state index is 13.8. The molecule has 5 aromatic rings.